The van der Waals surface area contributed by atoms with Crippen LogP contribution in [0, 0.1) is 5.82 Å². The second kappa shape index (κ2) is 5.14. The SMILES string of the molecule is Nc1cc(Br)ccc1NS(=O)(=O)c1ncccc1F. The van der Waals surface area contributed by atoms with Crippen molar-refractivity contribution in [3.63, 3.8) is 0 Å². The molecule has 2 aromatic rings. The molecule has 100 valence electrons. The van der Waals surface area contributed by atoms with Crippen LogP contribution in [-0.4, -0.2) is 13.4 Å². The Bertz CT molecular complexity index is 722. The number of hydrogen-bond donors (Lipinski definition) is 2. The van der Waals surface area contributed by atoms with Crippen molar-refractivity contribution in [2.45, 2.75) is 5.03 Å². The number of rotatable bonds is 3. The summed E-state index contributed by atoms with van der Waals surface area (Å²) in [6.07, 6.45) is 1.20. The van der Waals surface area contributed by atoms with Crippen molar-refractivity contribution < 1.29 is 12.8 Å². The summed E-state index contributed by atoms with van der Waals surface area (Å²) in [5, 5.41) is -0.669. The van der Waals surface area contributed by atoms with Gasteiger partial charge in [0.05, 0.1) is 11.4 Å². The molecule has 0 aliphatic carbocycles. The molecular formula is C11H9BrFN3O2S. The molecule has 0 aliphatic heterocycles. The number of nitrogen functional groups attached to an aromatic ring is 1. The minimum Gasteiger partial charge on any atom is -0.397 e. The molecular weight excluding hydrogens is 337 g/mol. The Morgan fingerprint density at radius 2 is 2.05 bits per heavy atom. The number of pyridine rings is 1. The lowest BCUT2D eigenvalue weighted by molar-refractivity contribution is 0.557. The summed E-state index contributed by atoms with van der Waals surface area (Å²) < 4.78 is 40.3. The maximum absolute atomic E-state index is 13.4. The van der Waals surface area contributed by atoms with E-state index in [4.69, 9.17) is 5.73 Å². The second-order valence-corrected chi connectivity index (χ2v) is 6.14. The van der Waals surface area contributed by atoms with Crippen molar-refractivity contribution in [1.82, 2.24) is 4.98 Å². The minimum absolute atomic E-state index is 0.160. The molecule has 2 rings (SSSR count). The maximum atomic E-state index is 13.4. The largest absolute Gasteiger partial charge is 0.397 e. The van der Waals surface area contributed by atoms with E-state index in [0.717, 1.165) is 6.07 Å². The van der Waals surface area contributed by atoms with Gasteiger partial charge < -0.3 is 5.73 Å². The number of anilines is 2. The van der Waals surface area contributed by atoms with Crippen molar-refractivity contribution in [2.75, 3.05) is 10.5 Å². The van der Waals surface area contributed by atoms with E-state index in [1.54, 1.807) is 6.07 Å². The van der Waals surface area contributed by atoms with Gasteiger partial charge in [-0.05, 0) is 30.3 Å². The van der Waals surface area contributed by atoms with Gasteiger partial charge in [0.25, 0.3) is 10.0 Å². The molecule has 0 saturated heterocycles. The first-order valence-electron chi connectivity index (χ1n) is 5.08. The van der Waals surface area contributed by atoms with Gasteiger partial charge in [-0.3, -0.25) is 4.72 Å². The van der Waals surface area contributed by atoms with E-state index in [1.807, 2.05) is 0 Å². The minimum atomic E-state index is -4.11. The summed E-state index contributed by atoms with van der Waals surface area (Å²) in [6, 6.07) is 6.95. The molecule has 0 radical (unpaired) electrons. The Morgan fingerprint density at radius 3 is 2.68 bits per heavy atom. The molecule has 1 aromatic heterocycles. The summed E-state index contributed by atoms with van der Waals surface area (Å²) in [4.78, 5) is 3.52. The molecule has 0 bridgehead atoms. The zero-order valence-corrected chi connectivity index (χ0v) is 11.9. The molecule has 19 heavy (non-hydrogen) atoms. The lowest BCUT2D eigenvalue weighted by Gasteiger charge is -2.10. The van der Waals surface area contributed by atoms with Crippen LogP contribution >= 0.6 is 15.9 Å². The zero-order valence-electron chi connectivity index (χ0n) is 9.47. The van der Waals surface area contributed by atoms with Gasteiger partial charge in [-0.2, -0.15) is 8.42 Å². The van der Waals surface area contributed by atoms with Gasteiger partial charge >= 0.3 is 0 Å². The van der Waals surface area contributed by atoms with E-state index < -0.39 is 20.9 Å². The van der Waals surface area contributed by atoms with Gasteiger partial charge in [0.1, 0.15) is 0 Å². The van der Waals surface area contributed by atoms with Crippen LogP contribution in [0.1, 0.15) is 0 Å². The lowest BCUT2D eigenvalue weighted by atomic mass is 10.3. The van der Waals surface area contributed by atoms with Crippen LogP contribution in [0.5, 0.6) is 0 Å². The zero-order chi connectivity index (χ0) is 14.0. The van der Waals surface area contributed by atoms with Gasteiger partial charge in [-0.25, -0.2) is 9.37 Å². The summed E-state index contributed by atoms with van der Waals surface area (Å²) in [6.45, 7) is 0. The number of nitrogens with two attached hydrogens (primary N) is 1. The van der Waals surface area contributed by atoms with E-state index in [0.29, 0.717) is 4.47 Å². The molecule has 0 amide bonds. The molecule has 0 aliphatic rings. The van der Waals surface area contributed by atoms with Crippen LogP contribution in [0.2, 0.25) is 0 Å². The molecule has 0 fully saturated rings. The van der Waals surface area contributed by atoms with Crippen molar-refractivity contribution in [1.29, 1.82) is 0 Å². The van der Waals surface area contributed by atoms with Gasteiger partial charge in [-0.1, -0.05) is 15.9 Å². The van der Waals surface area contributed by atoms with Crippen molar-refractivity contribution in [3.8, 4) is 0 Å². The number of nitrogens with zero attached hydrogens (tertiary/aromatic N) is 1. The van der Waals surface area contributed by atoms with E-state index in [9.17, 15) is 12.8 Å². The molecule has 1 heterocycles. The van der Waals surface area contributed by atoms with Crippen LogP contribution in [0.15, 0.2) is 46.0 Å². The standard InChI is InChI=1S/C11H9BrFN3O2S/c12-7-3-4-10(9(14)6-7)16-19(17,18)11-8(13)2-1-5-15-11/h1-6,16H,14H2. The van der Waals surface area contributed by atoms with Gasteiger partial charge in [0, 0.05) is 10.7 Å². The number of nitrogens with one attached hydrogen (secondary N) is 1. The Kier molecular flexibility index (Phi) is 3.72. The second-order valence-electron chi connectivity index (χ2n) is 3.63. The highest BCUT2D eigenvalue weighted by molar-refractivity contribution is 9.10. The number of halogens is 2. The molecule has 0 spiro atoms. The quantitative estimate of drug-likeness (QED) is 0.836. The van der Waals surface area contributed by atoms with E-state index in [2.05, 4.69) is 25.6 Å². The molecule has 1 aromatic carbocycles. The van der Waals surface area contributed by atoms with E-state index in [1.165, 1.54) is 24.4 Å². The number of aromatic nitrogens is 1. The number of benzene rings is 1. The normalized spacial score (nSPS) is 11.3. The highest BCUT2D eigenvalue weighted by Gasteiger charge is 2.21. The first-order chi connectivity index (χ1) is 8.90. The summed E-state index contributed by atoms with van der Waals surface area (Å²) in [7, 11) is -4.11. The van der Waals surface area contributed by atoms with Crippen LogP contribution in [0.25, 0.3) is 0 Å². The van der Waals surface area contributed by atoms with Crippen LogP contribution in [0.4, 0.5) is 15.8 Å². The fourth-order valence-corrected chi connectivity index (χ4v) is 2.86. The van der Waals surface area contributed by atoms with Gasteiger partial charge in [-0.15, -0.1) is 0 Å². The van der Waals surface area contributed by atoms with Crippen LogP contribution in [-0.2, 0) is 10.0 Å². The van der Waals surface area contributed by atoms with E-state index in [-0.39, 0.29) is 11.4 Å². The van der Waals surface area contributed by atoms with Crippen molar-refractivity contribution in [2.24, 2.45) is 0 Å². The topological polar surface area (TPSA) is 85.1 Å². The highest BCUT2D eigenvalue weighted by Crippen LogP contribution is 2.25. The lowest BCUT2D eigenvalue weighted by Crippen LogP contribution is -2.17. The summed E-state index contributed by atoms with van der Waals surface area (Å²) in [5.41, 5.74) is 6.05. The Labute approximate surface area is 117 Å². The molecule has 0 atom stereocenters. The van der Waals surface area contributed by atoms with Gasteiger partial charge in [0.2, 0.25) is 5.03 Å². The third-order valence-electron chi connectivity index (χ3n) is 2.24. The Morgan fingerprint density at radius 1 is 1.32 bits per heavy atom. The highest BCUT2D eigenvalue weighted by atomic mass is 79.9. The first-order valence-corrected chi connectivity index (χ1v) is 7.36. The molecule has 0 unspecified atom stereocenters. The molecule has 0 saturated carbocycles. The van der Waals surface area contributed by atoms with Crippen LogP contribution < -0.4 is 10.5 Å². The van der Waals surface area contributed by atoms with Crippen molar-refractivity contribution in [3.05, 3.63) is 46.8 Å². The average Bonchev–Trinajstić information content (AvgIpc) is 2.33. The molecule has 3 N–H and O–H groups in total. The first kappa shape index (κ1) is 13.8. The van der Waals surface area contributed by atoms with Crippen LogP contribution in [0.3, 0.4) is 0 Å². The molecule has 8 heteroatoms. The average molecular weight is 346 g/mol. The maximum Gasteiger partial charge on any atom is 0.282 e. The monoisotopic (exact) mass is 345 g/mol. The fraction of sp³-hybridized carbons (Fsp3) is 0. The smallest absolute Gasteiger partial charge is 0.282 e. The van der Waals surface area contributed by atoms with Gasteiger partial charge in [0.15, 0.2) is 5.82 Å². The fourth-order valence-electron chi connectivity index (χ4n) is 1.39. The molecule has 5 nitrogen and oxygen atoms in total. The number of sulfonamides is 1. The summed E-state index contributed by atoms with van der Waals surface area (Å²) >= 11 is 3.20. The third-order valence-corrected chi connectivity index (χ3v) is 4.03. The van der Waals surface area contributed by atoms with E-state index >= 15 is 0 Å². The summed E-state index contributed by atoms with van der Waals surface area (Å²) in [5.74, 6) is -0.925. The predicted molar refractivity (Wildman–Crippen MR) is 73.6 cm³/mol. The Hall–Kier alpha value is -1.67. The predicted octanol–water partition coefficient (Wildman–Crippen LogP) is 2.37. The Balaban J connectivity index is 2.40. The number of hydrogen-bond acceptors (Lipinski definition) is 4. The van der Waals surface area contributed by atoms with Crippen molar-refractivity contribution >= 4 is 37.3 Å². The third kappa shape index (κ3) is 3.02.